The second-order valence-electron chi connectivity index (χ2n) is 9.60. The van der Waals surface area contributed by atoms with Crippen molar-refractivity contribution in [1.82, 2.24) is 24.4 Å². The summed E-state index contributed by atoms with van der Waals surface area (Å²) in [5.74, 6) is 1.45. The highest BCUT2D eigenvalue weighted by atomic mass is 16.5. The van der Waals surface area contributed by atoms with Gasteiger partial charge in [0.05, 0.1) is 30.7 Å². The van der Waals surface area contributed by atoms with Crippen molar-refractivity contribution in [3.63, 3.8) is 0 Å². The average molecular weight is 539 g/mol. The Morgan fingerprint density at radius 2 is 1.88 bits per heavy atom. The first-order chi connectivity index (χ1) is 19.5. The molecule has 0 saturated heterocycles. The maximum Gasteiger partial charge on any atom is 0.305 e. The van der Waals surface area contributed by atoms with E-state index in [2.05, 4.69) is 28.2 Å². The lowest BCUT2D eigenvalue weighted by Crippen LogP contribution is -2.27. The Balaban J connectivity index is 1.57. The largest absolute Gasteiger partial charge is 0.496 e. The second kappa shape index (κ2) is 12.0. The van der Waals surface area contributed by atoms with Crippen LogP contribution in [-0.2, 0) is 16.1 Å². The smallest absolute Gasteiger partial charge is 0.305 e. The van der Waals surface area contributed by atoms with Crippen LogP contribution in [0.15, 0.2) is 73.1 Å². The van der Waals surface area contributed by atoms with Crippen molar-refractivity contribution in [2.75, 3.05) is 25.2 Å². The molecule has 0 aliphatic carbocycles. The fourth-order valence-corrected chi connectivity index (χ4v) is 4.94. The third-order valence-electron chi connectivity index (χ3n) is 6.75. The van der Waals surface area contributed by atoms with Gasteiger partial charge in [0, 0.05) is 55.3 Å². The van der Waals surface area contributed by atoms with E-state index >= 15 is 0 Å². The van der Waals surface area contributed by atoms with E-state index in [0.29, 0.717) is 38.3 Å². The molecule has 0 amide bonds. The van der Waals surface area contributed by atoms with Crippen molar-refractivity contribution in [2.24, 2.45) is 0 Å². The molecule has 0 aliphatic rings. The summed E-state index contributed by atoms with van der Waals surface area (Å²) < 4.78 is 14.7. The zero-order valence-corrected chi connectivity index (χ0v) is 23.4. The maximum absolute atomic E-state index is 12.1. The molecule has 3 aromatic heterocycles. The summed E-state index contributed by atoms with van der Waals surface area (Å²) in [4.78, 5) is 19.2. The number of nitrogens with zero attached hydrogens (tertiary/aromatic N) is 6. The van der Waals surface area contributed by atoms with Gasteiger partial charge in [-0.2, -0.15) is 14.7 Å². The van der Waals surface area contributed by atoms with Crippen LogP contribution in [-0.4, -0.2) is 50.6 Å². The molecule has 0 aliphatic heterocycles. The van der Waals surface area contributed by atoms with Gasteiger partial charge in [-0.3, -0.25) is 4.79 Å². The van der Waals surface area contributed by atoms with E-state index in [-0.39, 0.29) is 5.97 Å². The number of hydrogen-bond acceptors (Lipinski definition) is 7. The maximum atomic E-state index is 12.1. The molecule has 0 spiro atoms. The number of aromatic nitrogens is 5. The van der Waals surface area contributed by atoms with Crippen molar-refractivity contribution in [1.29, 1.82) is 0 Å². The van der Waals surface area contributed by atoms with E-state index in [1.165, 1.54) is 5.56 Å². The molecule has 0 bridgehead atoms. The van der Waals surface area contributed by atoms with Crippen molar-refractivity contribution in [3.8, 4) is 22.6 Å². The number of carbonyl (C=O) groups excluding carboxylic acids is 1. The first-order valence-corrected chi connectivity index (χ1v) is 13.5. The Kier molecular flexibility index (Phi) is 8.10. The SMILES string of the molecule is CCOC(=O)CCCN(Cc1ccccc1)c1cc(C)nc2c(-c3ccc(-n4cccn4)cc3OC)c(C)nn12. The van der Waals surface area contributed by atoms with Gasteiger partial charge in [0.2, 0.25) is 0 Å². The van der Waals surface area contributed by atoms with E-state index in [4.69, 9.17) is 19.6 Å². The van der Waals surface area contributed by atoms with Crippen molar-refractivity contribution < 1.29 is 14.3 Å². The van der Waals surface area contributed by atoms with Crippen LogP contribution in [0.4, 0.5) is 5.82 Å². The second-order valence-corrected chi connectivity index (χ2v) is 9.60. The lowest BCUT2D eigenvalue weighted by molar-refractivity contribution is -0.143. The topological polar surface area (TPSA) is 86.8 Å². The van der Waals surface area contributed by atoms with E-state index in [1.807, 2.05) is 73.9 Å². The van der Waals surface area contributed by atoms with Crippen molar-refractivity contribution >= 4 is 17.4 Å². The van der Waals surface area contributed by atoms with Crippen LogP contribution >= 0.6 is 0 Å². The molecule has 0 N–H and O–H groups in total. The number of aryl methyl sites for hydroxylation is 2. The average Bonchev–Trinajstić information content (AvgIpc) is 3.60. The van der Waals surface area contributed by atoms with Crippen LogP contribution in [0, 0.1) is 13.8 Å². The highest BCUT2D eigenvalue weighted by molar-refractivity contribution is 5.85. The van der Waals surface area contributed by atoms with Crippen LogP contribution < -0.4 is 9.64 Å². The Bertz CT molecular complexity index is 1590. The fraction of sp³-hybridized carbons (Fsp3) is 0.290. The van der Waals surface area contributed by atoms with Gasteiger partial charge in [0.1, 0.15) is 11.6 Å². The number of fused-ring (bicyclic) bond motifs is 1. The summed E-state index contributed by atoms with van der Waals surface area (Å²) in [6.07, 6.45) is 4.66. The molecule has 5 rings (SSSR count). The van der Waals surface area contributed by atoms with E-state index in [9.17, 15) is 4.79 Å². The lowest BCUT2D eigenvalue weighted by Gasteiger charge is -2.25. The molecule has 0 unspecified atom stereocenters. The summed E-state index contributed by atoms with van der Waals surface area (Å²) >= 11 is 0. The monoisotopic (exact) mass is 538 g/mol. The Morgan fingerprint density at radius 1 is 1.05 bits per heavy atom. The number of carbonyl (C=O) groups is 1. The molecule has 206 valence electrons. The van der Waals surface area contributed by atoms with E-state index < -0.39 is 0 Å². The summed E-state index contributed by atoms with van der Waals surface area (Å²) in [5.41, 5.74) is 6.37. The molecule has 9 heteroatoms. The van der Waals surface area contributed by atoms with E-state index in [0.717, 1.165) is 39.7 Å². The summed E-state index contributed by atoms with van der Waals surface area (Å²) in [5, 5.41) is 9.30. The Hall–Kier alpha value is -4.66. The molecule has 5 aromatic rings. The molecule has 3 heterocycles. The van der Waals surface area contributed by atoms with Gasteiger partial charge in [-0.1, -0.05) is 30.3 Å². The third kappa shape index (κ3) is 5.68. The number of ether oxygens (including phenoxy) is 2. The number of esters is 1. The van der Waals surface area contributed by atoms with Gasteiger partial charge < -0.3 is 14.4 Å². The quantitative estimate of drug-likeness (QED) is 0.204. The highest BCUT2D eigenvalue weighted by Crippen LogP contribution is 2.37. The van der Waals surface area contributed by atoms with E-state index in [1.54, 1.807) is 18.0 Å². The number of hydrogen-bond donors (Lipinski definition) is 0. The molecule has 2 aromatic carbocycles. The molecule has 0 atom stereocenters. The standard InChI is InChI=1S/C31H34N6O3/c1-5-40-29(38)13-9-17-35(21-24-11-7-6-8-12-24)28-19-22(2)33-31-30(23(3)34-37(28)31)26-15-14-25(20-27(26)39-4)36-18-10-16-32-36/h6-8,10-12,14-16,18-20H,5,9,13,17,21H2,1-4H3. The minimum atomic E-state index is -0.180. The fourth-order valence-electron chi connectivity index (χ4n) is 4.94. The van der Waals surface area contributed by atoms with Gasteiger partial charge in [0.15, 0.2) is 5.65 Å². The molecule has 0 fully saturated rings. The van der Waals surface area contributed by atoms with Gasteiger partial charge in [-0.25, -0.2) is 9.67 Å². The predicted octanol–water partition coefficient (Wildman–Crippen LogP) is 5.56. The molecular weight excluding hydrogens is 504 g/mol. The number of methoxy groups -OCH3 is 1. The molecular formula is C31H34N6O3. The number of benzene rings is 2. The minimum Gasteiger partial charge on any atom is -0.496 e. The minimum absolute atomic E-state index is 0.180. The Labute approximate surface area is 234 Å². The summed E-state index contributed by atoms with van der Waals surface area (Å²) in [6, 6.07) is 20.3. The van der Waals surface area contributed by atoms with Crippen LogP contribution in [0.1, 0.15) is 36.7 Å². The normalized spacial score (nSPS) is 11.1. The molecule has 9 nitrogen and oxygen atoms in total. The van der Waals surface area contributed by atoms with Crippen LogP contribution in [0.5, 0.6) is 5.75 Å². The summed E-state index contributed by atoms with van der Waals surface area (Å²) in [6.45, 7) is 7.52. The lowest BCUT2D eigenvalue weighted by atomic mass is 10.0. The first kappa shape index (κ1) is 26.9. The van der Waals surface area contributed by atoms with Crippen LogP contribution in [0.3, 0.4) is 0 Å². The molecule has 0 saturated carbocycles. The molecule has 0 radical (unpaired) electrons. The third-order valence-corrected chi connectivity index (χ3v) is 6.75. The highest BCUT2D eigenvalue weighted by Gasteiger charge is 2.22. The number of anilines is 1. The number of rotatable bonds is 11. The molecule has 40 heavy (non-hydrogen) atoms. The summed E-state index contributed by atoms with van der Waals surface area (Å²) in [7, 11) is 1.67. The van der Waals surface area contributed by atoms with Crippen LogP contribution in [0.2, 0.25) is 0 Å². The zero-order chi connectivity index (χ0) is 28.1. The Morgan fingerprint density at radius 3 is 2.60 bits per heavy atom. The van der Waals surface area contributed by atoms with Gasteiger partial charge >= 0.3 is 5.97 Å². The van der Waals surface area contributed by atoms with Crippen molar-refractivity contribution in [2.45, 2.75) is 40.2 Å². The predicted molar refractivity (Wildman–Crippen MR) is 155 cm³/mol. The first-order valence-electron chi connectivity index (χ1n) is 13.5. The van der Waals surface area contributed by atoms with Gasteiger partial charge in [0.25, 0.3) is 0 Å². The van der Waals surface area contributed by atoms with Gasteiger partial charge in [-0.15, -0.1) is 0 Å². The zero-order valence-electron chi connectivity index (χ0n) is 23.4. The van der Waals surface area contributed by atoms with Gasteiger partial charge in [-0.05, 0) is 51.0 Å². The van der Waals surface area contributed by atoms with Crippen LogP contribution in [0.25, 0.3) is 22.5 Å². The van der Waals surface area contributed by atoms with Crippen molar-refractivity contribution in [3.05, 3.63) is 90.0 Å².